The minimum atomic E-state index is -0.362. The van der Waals surface area contributed by atoms with Crippen molar-refractivity contribution < 1.29 is 19.1 Å². The first-order valence-corrected chi connectivity index (χ1v) is 11.4. The average Bonchev–Trinajstić information content (AvgIpc) is 3.02. The number of esters is 1. The molecule has 0 saturated heterocycles. The Morgan fingerprint density at radius 3 is 2.67 bits per heavy atom. The lowest BCUT2D eigenvalue weighted by atomic mass is 9.86. The molecule has 0 aliphatic heterocycles. The van der Waals surface area contributed by atoms with Gasteiger partial charge >= 0.3 is 5.97 Å². The summed E-state index contributed by atoms with van der Waals surface area (Å²) in [4.78, 5) is 26.4. The number of thiophene rings is 1. The summed E-state index contributed by atoms with van der Waals surface area (Å²) in [5.74, 6) is 0.631. The third kappa shape index (κ3) is 5.04. The number of rotatable bonds is 6. The highest BCUT2D eigenvalue weighted by Gasteiger charge is 2.29. The van der Waals surface area contributed by atoms with Crippen molar-refractivity contribution >= 4 is 28.2 Å². The van der Waals surface area contributed by atoms with E-state index in [1.54, 1.807) is 6.92 Å². The lowest BCUT2D eigenvalue weighted by Crippen LogP contribution is -2.23. The summed E-state index contributed by atoms with van der Waals surface area (Å²) in [6.07, 6.45) is 2.81. The summed E-state index contributed by atoms with van der Waals surface area (Å²) in [7, 11) is 0. The Kier molecular flexibility index (Phi) is 6.86. The van der Waals surface area contributed by atoms with E-state index in [9.17, 15) is 9.59 Å². The number of carbonyl (C=O) groups is 2. The highest BCUT2D eigenvalue weighted by molar-refractivity contribution is 7.17. The number of fused-ring (bicyclic) bond motifs is 1. The summed E-state index contributed by atoms with van der Waals surface area (Å²) in [5.41, 5.74) is 2.51. The molecule has 1 aromatic carbocycles. The molecule has 0 bridgehead atoms. The number of ether oxygens (including phenoxy) is 2. The molecular weight excluding hydrogens is 398 g/mol. The van der Waals surface area contributed by atoms with E-state index in [0.717, 1.165) is 30.4 Å². The van der Waals surface area contributed by atoms with E-state index >= 15 is 0 Å². The average molecular weight is 430 g/mol. The van der Waals surface area contributed by atoms with Gasteiger partial charge in [-0.25, -0.2) is 4.79 Å². The van der Waals surface area contributed by atoms with Crippen molar-refractivity contribution in [3.05, 3.63) is 45.8 Å². The second-order valence-electron chi connectivity index (χ2n) is 8.86. The van der Waals surface area contributed by atoms with E-state index < -0.39 is 0 Å². The zero-order chi connectivity index (χ0) is 21.9. The van der Waals surface area contributed by atoms with E-state index in [1.807, 2.05) is 24.3 Å². The van der Waals surface area contributed by atoms with Gasteiger partial charge in [0.1, 0.15) is 10.8 Å². The summed E-state index contributed by atoms with van der Waals surface area (Å²) in [6.45, 7) is 10.5. The van der Waals surface area contributed by atoms with Crippen LogP contribution in [0.2, 0.25) is 0 Å². The van der Waals surface area contributed by atoms with Gasteiger partial charge < -0.3 is 14.8 Å². The van der Waals surface area contributed by atoms with Gasteiger partial charge in [-0.2, -0.15) is 0 Å². The maximum Gasteiger partial charge on any atom is 0.341 e. The van der Waals surface area contributed by atoms with Crippen LogP contribution in [0.1, 0.15) is 67.4 Å². The van der Waals surface area contributed by atoms with Crippen LogP contribution in [0.4, 0.5) is 5.00 Å². The molecule has 6 heteroatoms. The van der Waals surface area contributed by atoms with Crippen molar-refractivity contribution in [2.75, 3.05) is 18.5 Å². The van der Waals surface area contributed by atoms with Crippen LogP contribution in [0.15, 0.2) is 24.3 Å². The largest absolute Gasteiger partial charge is 0.483 e. The number of amides is 1. The van der Waals surface area contributed by atoms with Gasteiger partial charge in [-0.15, -0.1) is 11.3 Å². The Hall–Kier alpha value is -2.34. The Bertz CT molecular complexity index is 926. The topological polar surface area (TPSA) is 64.6 Å². The van der Waals surface area contributed by atoms with Crippen LogP contribution in [0.25, 0.3) is 0 Å². The first-order chi connectivity index (χ1) is 14.2. The molecule has 1 amide bonds. The van der Waals surface area contributed by atoms with Crippen molar-refractivity contribution in [3.8, 4) is 5.75 Å². The van der Waals surface area contributed by atoms with Gasteiger partial charge in [0.05, 0.1) is 12.2 Å². The third-order valence-corrected chi connectivity index (χ3v) is 6.47. The molecule has 1 aliphatic rings. The van der Waals surface area contributed by atoms with Crippen LogP contribution < -0.4 is 10.1 Å². The summed E-state index contributed by atoms with van der Waals surface area (Å²) < 4.78 is 11.1. The number of hydrogen-bond acceptors (Lipinski definition) is 5. The normalized spacial score (nSPS) is 16.0. The molecule has 162 valence electrons. The monoisotopic (exact) mass is 429 g/mol. The van der Waals surface area contributed by atoms with Crippen LogP contribution >= 0.6 is 11.3 Å². The van der Waals surface area contributed by atoms with E-state index in [2.05, 4.69) is 33.0 Å². The summed E-state index contributed by atoms with van der Waals surface area (Å²) in [6, 6.07) is 7.76. The first-order valence-electron chi connectivity index (χ1n) is 10.5. The number of carbonyl (C=O) groups excluding carboxylic acids is 2. The standard InChI is InChI=1S/C24H31NO4S/c1-6-28-23(27)21-16-12-11-15(2)13-19(16)30-22(21)25-20(26)14-29-18-10-8-7-9-17(18)24(3,4)5/h7-10,15H,6,11-14H2,1-5H3,(H,25,26). The molecule has 1 N–H and O–H groups in total. The Labute approximate surface area is 182 Å². The Morgan fingerprint density at radius 2 is 1.97 bits per heavy atom. The van der Waals surface area contributed by atoms with E-state index in [-0.39, 0.29) is 23.9 Å². The predicted octanol–water partition coefficient (Wildman–Crippen LogP) is 5.36. The number of nitrogens with one attached hydrogen (secondary N) is 1. The van der Waals surface area contributed by atoms with Gasteiger partial charge in [0.2, 0.25) is 0 Å². The van der Waals surface area contributed by atoms with Gasteiger partial charge in [0, 0.05) is 4.88 Å². The zero-order valence-electron chi connectivity index (χ0n) is 18.5. The number of hydrogen-bond donors (Lipinski definition) is 1. The molecule has 1 aliphatic carbocycles. The molecule has 0 fully saturated rings. The van der Waals surface area contributed by atoms with Gasteiger partial charge in [-0.05, 0) is 54.7 Å². The van der Waals surface area contributed by atoms with Crippen LogP contribution in [0.3, 0.4) is 0 Å². The highest BCUT2D eigenvalue weighted by atomic mass is 32.1. The lowest BCUT2D eigenvalue weighted by Gasteiger charge is -2.22. The quantitative estimate of drug-likeness (QED) is 0.628. The lowest BCUT2D eigenvalue weighted by molar-refractivity contribution is -0.118. The van der Waals surface area contributed by atoms with Crippen LogP contribution in [0, 0.1) is 5.92 Å². The fourth-order valence-electron chi connectivity index (χ4n) is 3.78. The van der Waals surface area contributed by atoms with Crippen LogP contribution in [-0.4, -0.2) is 25.1 Å². The molecule has 0 saturated carbocycles. The van der Waals surface area contributed by atoms with Crippen molar-refractivity contribution in [3.63, 3.8) is 0 Å². The Balaban J connectivity index is 1.77. The van der Waals surface area contributed by atoms with Gasteiger partial charge in [-0.3, -0.25) is 4.79 Å². The second kappa shape index (κ2) is 9.21. The molecule has 5 nitrogen and oxygen atoms in total. The minimum absolute atomic E-state index is 0.0896. The van der Waals surface area contributed by atoms with E-state index in [0.29, 0.717) is 28.8 Å². The number of benzene rings is 1. The van der Waals surface area contributed by atoms with Crippen molar-refractivity contribution in [2.24, 2.45) is 5.92 Å². The molecule has 1 atom stereocenters. The molecule has 0 radical (unpaired) electrons. The molecule has 1 heterocycles. The first kappa shape index (κ1) is 22.3. The number of anilines is 1. The van der Waals surface area contributed by atoms with Crippen molar-refractivity contribution in [2.45, 2.75) is 59.3 Å². The second-order valence-corrected chi connectivity index (χ2v) is 9.96. The molecular formula is C24H31NO4S. The molecule has 2 aromatic rings. The smallest absolute Gasteiger partial charge is 0.341 e. The molecule has 1 unspecified atom stereocenters. The summed E-state index contributed by atoms with van der Waals surface area (Å²) in [5, 5.41) is 3.48. The van der Waals surface area contributed by atoms with E-state index in [4.69, 9.17) is 9.47 Å². The zero-order valence-corrected chi connectivity index (χ0v) is 19.3. The molecule has 1 aromatic heterocycles. The van der Waals surface area contributed by atoms with Gasteiger partial charge in [0.15, 0.2) is 6.61 Å². The van der Waals surface area contributed by atoms with Crippen molar-refractivity contribution in [1.82, 2.24) is 0 Å². The predicted molar refractivity (Wildman–Crippen MR) is 121 cm³/mol. The van der Waals surface area contributed by atoms with Crippen LogP contribution in [0.5, 0.6) is 5.75 Å². The fourth-order valence-corrected chi connectivity index (χ4v) is 5.19. The number of para-hydroxylation sites is 1. The van der Waals surface area contributed by atoms with Gasteiger partial charge in [0.25, 0.3) is 5.91 Å². The summed E-state index contributed by atoms with van der Waals surface area (Å²) >= 11 is 1.49. The fraction of sp³-hybridized carbons (Fsp3) is 0.500. The maximum atomic E-state index is 12.7. The highest BCUT2D eigenvalue weighted by Crippen LogP contribution is 2.40. The molecule has 30 heavy (non-hydrogen) atoms. The van der Waals surface area contributed by atoms with Gasteiger partial charge in [-0.1, -0.05) is 45.9 Å². The minimum Gasteiger partial charge on any atom is -0.483 e. The molecule has 3 rings (SSSR count). The van der Waals surface area contributed by atoms with E-state index in [1.165, 1.54) is 16.2 Å². The maximum absolute atomic E-state index is 12.7. The Morgan fingerprint density at radius 1 is 1.23 bits per heavy atom. The third-order valence-electron chi connectivity index (χ3n) is 5.30. The van der Waals surface area contributed by atoms with Crippen molar-refractivity contribution in [1.29, 1.82) is 0 Å². The SMILES string of the molecule is CCOC(=O)c1c(NC(=O)COc2ccccc2C(C)(C)C)sc2c1CCC(C)C2. The van der Waals surface area contributed by atoms with Crippen LogP contribution in [-0.2, 0) is 27.8 Å². The molecule has 0 spiro atoms.